The lowest BCUT2D eigenvalue weighted by molar-refractivity contribution is -0.142. The minimum Gasteiger partial charge on any atom is -0.390 e. The molecule has 2 N–H and O–H groups in total. The van der Waals surface area contributed by atoms with Crippen molar-refractivity contribution in [2.75, 3.05) is 5.32 Å². The van der Waals surface area contributed by atoms with Gasteiger partial charge in [0.25, 0.3) is 0 Å². The van der Waals surface area contributed by atoms with Gasteiger partial charge in [0.1, 0.15) is 5.82 Å². The summed E-state index contributed by atoms with van der Waals surface area (Å²) in [6.45, 7) is 2.22. The Labute approximate surface area is 160 Å². The number of esters is 1. The maximum absolute atomic E-state index is 13.1. The fraction of sp³-hybridized carbons (Fsp3) is 0.444. The van der Waals surface area contributed by atoms with Gasteiger partial charge in [0, 0.05) is 18.1 Å². The molecule has 2 aromatic rings. The molecule has 144 valence electrons. The number of aromatic nitrogens is 2. The van der Waals surface area contributed by atoms with Gasteiger partial charge < -0.3 is 10.1 Å². The highest BCUT2D eigenvalue weighted by Crippen LogP contribution is 2.30. The number of urea groups is 1. The van der Waals surface area contributed by atoms with E-state index in [1.165, 1.54) is 12.1 Å². The zero-order valence-electron chi connectivity index (χ0n) is 14.9. The van der Waals surface area contributed by atoms with Crippen molar-refractivity contribution in [1.29, 1.82) is 0 Å². The number of benzene rings is 1. The van der Waals surface area contributed by atoms with Crippen LogP contribution in [0.1, 0.15) is 38.2 Å². The molecule has 1 heterocycles. The molecule has 7 nitrogen and oxygen atoms in total. The number of halogens is 1. The van der Waals surface area contributed by atoms with Crippen LogP contribution in [0, 0.1) is 17.7 Å². The minimum atomic E-state index is -0.505. The lowest BCUT2D eigenvalue weighted by atomic mass is 9.80. The summed E-state index contributed by atoms with van der Waals surface area (Å²) in [6, 6.07) is 5.40. The van der Waals surface area contributed by atoms with Gasteiger partial charge in [-0.1, -0.05) is 31.9 Å². The SMILES string of the molecule is CC1CCCCC1C(=O)Oc1nsc(NC(=O)NCc2cccc(F)c2)n1. The number of hydrogen-bond donors (Lipinski definition) is 2. The van der Waals surface area contributed by atoms with E-state index in [1.807, 2.05) is 0 Å². The molecule has 0 spiro atoms. The number of amides is 2. The number of rotatable bonds is 5. The van der Waals surface area contributed by atoms with Gasteiger partial charge in [0.2, 0.25) is 5.13 Å². The molecule has 3 rings (SSSR count). The summed E-state index contributed by atoms with van der Waals surface area (Å²) in [7, 11) is 0. The smallest absolute Gasteiger partial charge is 0.338 e. The first-order chi connectivity index (χ1) is 13.0. The molecule has 27 heavy (non-hydrogen) atoms. The van der Waals surface area contributed by atoms with Crippen LogP contribution in [0.25, 0.3) is 0 Å². The minimum absolute atomic E-state index is 0.0526. The first kappa shape index (κ1) is 19.2. The highest BCUT2D eigenvalue weighted by atomic mass is 32.1. The van der Waals surface area contributed by atoms with Crippen LogP contribution in [0.15, 0.2) is 24.3 Å². The number of hydrogen-bond acceptors (Lipinski definition) is 6. The van der Waals surface area contributed by atoms with Gasteiger partial charge in [-0.25, -0.2) is 9.18 Å². The van der Waals surface area contributed by atoms with Crippen LogP contribution in [0.3, 0.4) is 0 Å². The number of nitrogens with zero attached hydrogens (tertiary/aromatic N) is 2. The number of carbonyl (C=O) groups excluding carboxylic acids is 2. The first-order valence-corrected chi connectivity index (χ1v) is 9.63. The van der Waals surface area contributed by atoms with Gasteiger partial charge in [-0.2, -0.15) is 4.98 Å². The second-order valence-electron chi connectivity index (χ2n) is 6.61. The summed E-state index contributed by atoms with van der Waals surface area (Å²) in [5, 5.41) is 5.33. The Hall–Kier alpha value is -2.55. The van der Waals surface area contributed by atoms with E-state index in [9.17, 15) is 14.0 Å². The van der Waals surface area contributed by atoms with E-state index in [-0.39, 0.29) is 41.3 Å². The van der Waals surface area contributed by atoms with Crippen molar-refractivity contribution in [2.45, 2.75) is 39.2 Å². The van der Waals surface area contributed by atoms with Gasteiger partial charge in [0.05, 0.1) is 5.92 Å². The van der Waals surface area contributed by atoms with Crippen LogP contribution < -0.4 is 15.4 Å². The van der Waals surface area contributed by atoms with E-state index in [4.69, 9.17) is 4.74 Å². The monoisotopic (exact) mass is 392 g/mol. The number of carbonyl (C=O) groups is 2. The molecule has 0 aliphatic heterocycles. The molecule has 2 unspecified atom stereocenters. The molecule has 1 fully saturated rings. The standard InChI is InChI=1S/C18H21FN4O3S/c1-11-5-2-3-8-14(11)15(24)26-17-22-18(27-23-17)21-16(25)20-10-12-6-4-7-13(19)9-12/h4,6-7,9,11,14H,2-3,5,8,10H2,1H3,(H2,20,21,22,23,25). The predicted molar refractivity (Wildman–Crippen MR) is 98.9 cm³/mol. The Morgan fingerprint density at radius 3 is 2.93 bits per heavy atom. The van der Waals surface area contributed by atoms with E-state index in [0.29, 0.717) is 5.56 Å². The maximum Gasteiger partial charge on any atom is 0.338 e. The third-order valence-electron chi connectivity index (χ3n) is 4.58. The summed E-state index contributed by atoms with van der Waals surface area (Å²) in [4.78, 5) is 28.2. The third kappa shape index (κ3) is 5.46. The first-order valence-electron chi connectivity index (χ1n) is 8.86. The van der Waals surface area contributed by atoms with Crippen molar-refractivity contribution >= 4 is 28.7 Å². The summed E-state index contributed by atoms with van der Waals surface area (Å²) < 4.78 is 22.3. The van der Waals surface area contributed by atoms with E-state index in [1.54, 1.807) is 12.1 Å². The van der Waals surface area contributed by atoms with Crippen LogP contribution >= 0.6 is 11.5 Å². The lowest BCUT2D eigenvalue weighted by Crippen LogP contribution is -2.29. The highest BCUT2D eigenvalue weighted by Gasteiger charge is 2.30. The highest BCUT2D eigenvalue weighted by molar-refractivity contribution is 7.10. The summed E-state index contributed by atoms with van der Waals surface area (Å²) in [6.07, 6.45) is 3.99. The van der Waals surface area contributed by atoms with Crippen LogP contribution in [0.4, 0.5) is 14.3 Å². The van der Waals surface area contributed by atoms with Gasteiger partial charge in [-0.3, -0.25) is 10.1 Å². The van der Waals surface area contributed by atoms with Crippen LogP contribution in [-0.2, 0) is 11.3 Å². The Balaban J connectivity index is 1.48. The Morgan fingerprint density at radius 1 is 1.33 bits per heavy atom. The molecular formula is C18H21FN4O3S. The quantitative estimate of drug-likeness (QED) is 0.756. The molecule has 0 radical (unpaired) electrons. The van der Waals surface area contributed by atoms with Crippen molar-refractivity contribution in [1.82, 2.24) is 14.7 Å². The topological polar surface area (TPSA) is 93.2 Å². The lowest BCUT2D eigenvalue weighted by Gasteiger charge is -2.25. The summed E-state index contributed by atoms with van der Waals surface area (Å²) in [5.74, 6) is -0.524. The molecule has 1 aromatic heterocycles. The fourth-order valence-electron chi connectivity index (χ4n) is 3.10. The van der Waals surface area contributed by atoms with E-state index in [2.05, 4.69) is 26.9 Å². The van der Waals surface area contributed by atoms with E-state index in [0.717, 1.165) is 37.2 Å². The average Bonchev–Trinajstić information content (AvgIpc) is 3.07. The van der Waals surface area contributed by atoms with E-state index >= 15 is 0 Å². The maximum atomic E-state index is 13.1. The fourth-order valence-corrected chi connectivity index (χ4v) is 3.60. The molecule has 1 aliphatic rings. The van der Waals surface area contributed by atoms with Crippen molar-refractivity contribution in [3.63, 3.8) is 0 Å². The molecule has 1 saturated carbocycles. The van der Waals surface area contributed by atoms with Crippen molar-refractivity contribution in [3.05, 3.63) is 35.6 Å². The predicted octanol–water partition coefficient (Wildman–Crippen LogP) is 3.73. The number of ether oxygens (including phenoxy) is 1. The summed E-state index contributed by atoms with van der Waals surface area (Å²) >= 11 is 0.921. The van der Waals surface area contributed by atoms with Gasteiger partial charge in [0.15, 0.2) is 0 Å². The number of anilines is 1. The second-order valence-corrected chi connectivity index (χ2v) is 7.36. The van der Waals surface area contributed by atoms with E-state index < -0.39 is 6.03 Å². The van der Waals surface area contributed by atoms with Gasteiger partial charge in [-0.15, -0.1) is 4.37 Å². The molecular weight excluding hydrogens is 371 g/mol. The molecule has 0 bridgehead atoms. The molecule has 1 aliphatic carbocycles. The van der Waals surface area contributed by atoms with Crippen LogP contribution in [0.2, 0.25) is 0 Å². The molecule has 2 atom stereocenters. The van der Waals surface area contributed by atoms with Crippen LogP contribution in [0.5, 0.6) is 6.01 Å². The normalized spacial score (nSPS) is 19.3. The second kappa shape index (κ2) is 8.90. The third-order valence-corrected chi connectivity index (χ3v) is 5.19. The van der Waals surface area contributed by atoms with Crippen molar-refractivity contribution < 1.29 is 18.7 Å². The Morgan fingerprint density at radius 2 is 2.15 bits per heavy atom. The number of nitrogens with one attached hydrogen (secondary N) is 2. The zero-order chi connectivity index (χ0) is 19.2. The molecule has 9 heteroatoms. The molecule has 0 saturated heterocycles. The van der Waals surface area contributed by atoms with Gasteiger partial charge in [-0.05, 0) is 36.5 Å². The van der Waals surface area contributed by atoms with Crippen molar-refractivity contribution in [2.24, 2.45) is 11.8 Å². The largest absolute Gasteiger partial charge is 0.390 e. The summed E-state index contributed by atoms with van der Waals surface area (Å²) in [5.41, 5.74) is 0.638. The van der Waals surface area contributed by atoms with Crippen LogP contribution in [-0.4, -0.2) is 21.4 Å². The Kier molecular flexibility index (Phi) is 6.33. The Bertz CT molecular complexity index is 813. The van der Waals surface area contributed by atoms with Gasteiger partial charge >= 0.3 is 18.0 Å². The zero-order valence-corrected chi connectivity index (χ0v) is 15.7. The van der Waals surface area contributed by atoms with Crippen molar-refractivity contribution in [3.8, 4) is 6.01 Å². The average molecular weight is 392 g/mol. The molecule has 1 aromatic carbocycles. The molecule has 2 amide bonds.